The van der Waals surface area contributed by atoms with Crippen molar-refractivity contribution < 1.29 is 16.8 Å². The Morgan fingerprint density at radius 3 is 1.93 bits per heavy atom. The van der Waals surface area contributed by atoms with Crippen LogP contribution in [0.5, 0.6) is 0 Å². The number of rotatable bonds is 2. The van der Waals surface area contributed by atoms with Gasteiger partial charge in [-0.15, -0.1) is 12.4 Å². The maximum Gasteiger partial charge on any atom is 0.238 e. The predicted molar refractivity (Wildman–Crippen MR) is 58.2 cm³/mol. The Morgan fingerprint density at radius 1 is 1.07 bits per heavy atom. The van der Waals surface area contributed by atoms with Crippen molar-refractivity contribution in [1.29, 1.82) is 0 Å². The molecule has 0 unspecified atom stereocenters. The summed E-state index contributed by atoms with van der Waals surface area (Å²) in [7, 11) is -7.26. The van der Waals surface area contributed by atoms with Gasteiger partial charge in [-0.25, -0.2) is 22.0 Å². The lowest BCUT2D eigenvalue weighted by Crippen LogP contribution is -2.12. The van der Waals surface area contributed by atoms with Crippen molar-refractivity contribution in [1.82, 2.24) is 0 Å². The Labute approximate surface area is 94.7 Å². The van der Waals surface area contributed by atoms with E-state index in [-0.39, 0.29) is 22.2 Å². The van der Waals surface area contributed by atoms with Crippen LogP contribution < -0.4 is 5.14 Å². The lowest BCUT2D eigenvalue weighted by Gasteiger charge is -2.00. The number of hydrogen-bond acceptors (Lipinski definition) is 4. The van der Waals surface area contributed by atoms with Crippen molar-refractivity contribution in [3.63, 3.8) is 0 Å². The average molecular weight is 272 g/mol. The second kappa shape index (κ2) is 4.48. The predicted octanol–water partition coefficient (Wildman–Crippen LogP) is 0.159. The first-order chi connectivity index (χ1) is 6.21. The van der Waals surface area contributed by atoms with Gasteiger partial charge in [-0.2, -0.15) is 0 Å². The summed E-state index contributed by atoms with van der Waals surface area (Å²) in [6.07, 6.45) is 0.995. The van der Waals surface area contributed by atoms with Gasteiger partial charge in [0.1, 0.15) is 0 Å². The fourth-order valence-electron chi connectivity index (χ4n) is 0.882. The third kappa shape index (κ3) is 3.78. The van der Waals surface area contributed by atoms with Gasteiger partial charge >= 0.3 is 0 Å². The molecular formula is C7H10ClNO4S2. The van der Waals surface area contributed by atoms with Crippen molar-refractivity contribution in [3.05, 3.63) is 24.3 Å². The van der Waals surface area contributed by atoms with Crippen molar-refractivity contribution in [2.75, 3.05) is 6.26 Å². The zero-order valence-electron chi connectivity index (χ0n) is 7.74. The molecule has 1 aromatic rings. The SMILES string of the molecule is CS(=O)(=O)c1cccc(S(N)(=O)=O)c1.Cl. The molecule has 0 saturated heterocycles. The summed E-state index contributed by atoms with van der Waals surface area (Å²) in [5, 5.41) is 4.85. The summed E-state index contributed by atoms with van der Waals surface area (Å²) in [4.78, 5) is -0.274. The number of hydrogen-bond donors (Lipinski definition) is 1. The molecule has 8 heteroatoms. The van der Waals surface area contributed by atoms with Gasteiger partial charge in [0, 0.05) is 6.26 Å². The van der Waals surface area contributed by atoms with E-state index in [1.54, 1.807) is 0 Å². The van der Waals surface area contributed by atoms with Gasteiger partial charge in [0.15, 0.2) is 9.84 Å². The van der Waals surface area contributed by atoms with Crippen LogP contribution in [0.2, 0.25) is 0 Å². The molecular weight excluding hydrogens is 262 g/mol. The number of sulfone groups is 1. The van der Waals surface area contributed by atoms with E-state index in [2.05, 4.69) is 0 Å². The standard InChI is InChI=1S/C7H9NO4S2.ClH/c1-13(9,10)6-3-2-4-7(5-6)14(8,11)12;/h2-5H,1H3,(H2,8,11,12);1H. The maximum atomic E-state index is 11.1. The highest BCUT2D eigenvalue weighted by molar-refractivity contribution is 7.91. The topological polar surface area (TPSA) is 94.3 Å². The van der Waals surface area contributed by atoms with Crippen LogP contribution in [0.25, 0.3) is 0 Å². The molecule has 5 nitrogen and oxygen atoms in total. The van der Waals surface area contributed by atoms with E-state index in [0.717, 1.165) is 12.3 Å². The highest BCUT2D eigenvalue weighted by atomic mass is 35.5. The quantitative estimate of drug-likeness (QED) is 0.829. The van der Waals surface area contributed by atoms with E-state index in [1.807, 2.05) is 0 Å². The highest BCUT2D eigenvalue weighted by Crippen LogP contribution is 2.13. The molecule has 0 heterocycles. The first-order valence-electron chi connectivity index (χ1n) is 3.54. The van der Waals surface area contributed by atoms with E-state index < -0.39 is 19.9 Å². The molecule has 0 fully saturated rings. The van der Waals surface area contributed by atoms with Crippen molar-refractivity contribution in [3.8, 4) is 0 Å². The van der Waals surface area contributed by atoms with Crippen LogP contribution in [0.15, 0.2) is 34.1 Å². The molecule has 0 atom stereocenters. The number of benzene rings is 1. The average Bonchev–Trinajstić information content (AvgIpc) is 2.01. The van der Waals surface area contributed by atoms with E-state index in [1.165, 1.54) is 18.2 Å². The van der Waals surface area contributed by atoms with E-state index in [9.17, 15) is 16.8 Å². The summed E-state index contributed by atoms with van der Waals surface area (Å²) in [6, 6.07) is 4.91. The fourth-order valence-corrected chi connectivity index (χ4v) is 2.18. The molecule has 2 N–H and O–H groups in total. The van der Waals surface area contributed by atoms with E-state index in [0.29, 0.717) is 0 Å². The minimum Gasteiger partial charge on any atom is -0.225 e. The van der Waals surface area contributed by atoms with Gasteiger partial charge in [0.25, 0.3) is 0 Å². The molecule has 0 aliphatic heterocycles. The molecule has 0 bridgehead atoms. The Morgan fingerprint density at radius 2 is 1.53 bits per heavy atom. The van der Waals surface area contributed by atoms with Gasteiger partial charge < -0.3 is 0 Å². The fraction of sp³-hybridized carbons (Fsp3) is 0.143. The van der Waals surface area contributed by atoms with Crippen LogP contribution in [-0.2, 0) is 19.9 Å². The van der Waals surface area contributed by atoms with Crippen molar-refractivity contribution in [2.24, 2.45) is 5.14 Å². The van der Waals surface area contributed by atoms with Crippen molar-refractivity contribution >= 4 is 32.3 Å². The molecule has 1 rings (SSSR count). The Bertz CT molecular complexity index is 503. The number of sulfonamides is 1. The summed E-state index contributed by atoms with van der Waals surface area (Å²) in [5.41, 5.74) is 0. The van der Waals surface area contributed by atoms with Crippen LogP contribution in [-0.4, -0.2) is 23.1 Å². The second-order valence-electron chi connectivity index (χ2n) is 2.79. The van der Waals surface area contributed by atoms with Crippen LogP contribution in [0, 0.1) is 0 Å². The zero-order chi connectivity index (χ0) is 11.0. The van der Waals surface area contributed by atoms with Gasteiger partial charge in [0.2, 0.25) is 10.0 Å². The summed E-state index contributed by atoms with van der Waals surface area (Å²) in [5.74, 6) is 0. The molecule has 86 valence electrons. The van der Waals surface area contributed by atoms with Crippen LogP contribution in [0.4, 0.5) is 0 Å². The van der Waals surface area contributed by atoms with Crippen molar-refractivity contribution in [2.45, 2.75) is 9.79 Å². The van der Waals surface area contributed by atoms with Crippen LogP contribution >= 0.6 is 12.4 Å². The molecule has 15 heavy (non-hydrogen) atoms. The minimum absolute atomic E-state index is 0. The third-order valence-corrected chi connectivity index (χ3v) is 3.58. The molecule has 0 aliphatic carbocycles. The van der Waals surface area contributed by atoms with Crippen LogP contribution in [0.3, 0.4) is 0 Å². The number of primary sulfonamides is 1. The molecule has 0 amide bonds. The first kappa shape index (κ1) is 14.4. The molecule has 0 saturated carbocycles. The monoisotopic (exact) mass is 271 g/mol. The molecule has 0 aromatic heterocycles. The smallest absolute Gasteiger partial charge is 0.225 e. The largest absolute Gasteiger partial charge is 0.238 e. The Balaban J connectivity index is 0.00000196. The minimum atomic E-state index is -3.85. The van der Waals surface area contributed by atoms with Gasteiger partial charge in [-0.05, 0) is 18.2 Å². The Hall–Kier alpha value is -0.630. The van der Waals surface area contributed by atoms with E-state index >= 15 is 0 Å². The second-order valence-corrected chi connectivity index (χ2v) is 6.37. The first-order valence-corrected chi connectivity index (χ1v) is 6.98. The summed E-state index contributed by atoms with van der Waals surface area (Å²) in [6.45, 7) is 0. The van der Waals surface area contributed by atoms with Gasteiger partial charge in [-0.3, -0.25) is 0 Å². The van der Waals surface area contributed by atoms with E-state index in [4.69, 9.17) is 5.14 Å². The molecule has 1 aromatic carbocycles. The van der Waals surface area contributed by atoms with Gasteiger partial charge in [0.05, 0.1) is 9.79 Å². The van der Waals surface area contributed by atoms with Gasteiger partial charge in [-0.1, -0.05) is 6.07 Å². The Kier molecular flexibility index (Phi) is 4.29. The molecule has 0 spiro atoms. The lowest BCUT2D eigenvalue weighted by molar-refractivity contribution is 0.597. The lowest BCUT2D eigenvalue weighted by atomic mass is 10.4. The summed E-state index contributed by atoms with van der Waals surface area (Å²) < 4.78 is 43.9. The highest BCUT2D eigenvalue weighted by Gasteiger charge is 2.12. The summed E-state index contributed by atoms with van der Waals surface area (Å²) >= 11 is 0. The van der Waals surface area contributed by atoms with Crippen LogP contribution in [0.1, 0.15) is 0 Å². The molecule has 0 radical (unpaired) electrons. The normalized spacial score (nSPS) is 11.9. The number of nitrogens with two attached hydrogens (primary N) is 1. The zero-order valence-corrected chi connectivity index (χ0v) is 10.2. The number of halogens is 1. The molecule has 0 aliphatic rings. The third-order valence-electron chi connectivity index (χ3n) is 1.56. The maximum absolute atomic E-state index is 11.1.